The maximum Gasteiger partial charge on any atom is 0.303 e. The summed E-state index contributed by atoms with van der Waals surface area (Å²) in [5.74, 6) is -0.372. The van der Waals surface area contributed by atoms with Gasteiger partial charge in [0.25, 0.3) is 0 Å². The lowest BCUT2D eigenvalue weighted by atomic mass is 9.98. The Labute approximate surface area is 125 Å². The van der Waals surface area contributed by atoms with Gasteiger partial charge in [0.1, 0.15) is 6.10 Å². The van der Waals surface area contributed by atoms with Crippen LogP contribution in [0.3, 0.4) is 0 Å². The molecule has 2 aromatic carbocycles. The quantitative estimate of drug-likeness (QED) is 0.830. The molecule has 0 fully saturated rings. The van der Waals surface area contributed by atoms with Crippen molar-refractivity contribution in [2.75, 3.05) is 0 Å². The van der Waals surface area contributed by atoms with Crippen molar-refractivity contribution in [3.05, 3.63) is 71.8 Å². The van der Waals surface area contributed by atoms with Crippen molar-refractivity contribution in [1.29, 1.82) is 0 Å². The Hall–Kier alpha value is -2.13. The highest BCUT2D eigenvalue weighted by Gasteiger charge is 2.22. The number of esters is 1. The summed E-state index contributed by atoms with van der Waals surface area (Å²) in [6.07, 6.45) is -0.290. The number of hydrogen-bond acceptors (Lipinski definition) is 3. The lowest BCUT2D eigenvalue weighted by molar-refractivity contribution is -0.152. The van der Waals surface area contributed by atoms with Crippen LogP contribution in [0.1, 0.15) is 18.1 Å². The lowest BCUT2D eigenvalue weighted by Crippen LogP contribution is -2.34. The molecule has 0 aliphatic rings. The first-order valence-electron chi connectivity index (χ1n) is 7.08. The molecule has 0 aliphatic carbocycles. The third kappa shape index (κ3) is 5.04. The fraction of sp³-hybridized carbons (Fsp3) is 0.278. The normalized spacial score (nSPS) is 13.4. The summed E-state index contributed by atoms with van der Waals surface area (Å²) in [4.78, 5) is 11.3. The van der Waals surface area contributed by atoms with Gasteiger partial charge in [-0.3, -0.25) is 4.79 Å². The molecule has 0 saturated carbocycles. The standard InChI is InChI=1S/C18H20O3/c1-14(19)21-18(13-16-10-6-3-7-11-16)17(20)12-15-8-4-2-5-9-15/h2-11,17-18,20H,12-13H2,1H3/t17-,18-/m0/s1. The molecule has 0 heterocycles. The van der Waals surface area contributed by atoms with E-state index in [-0.39, 0.29) is 5.97 Å². The molecule has 0 amide bonds. The van der Waals surface area contributed by atoms with Gasteiger partial charge in [-0.2, -0.15) is 0 Å². The van der Waals surface area contributed by atoms with E-state index in [1.807, 2.05) is 60.7 Å². The monoisotopic (exact) mass is 284 g/mol. The minimum atomic E-state index is -0.725. The predicted molar refractivity (Wildman–Crippen MR) is 81.9 cm³/mol. The van der Waals surface area contributed by atoms with Gasteiger partial charge in [0.15, 0.2) is 0 Å². The van der Waals surface area contributed by atoms with Crippen LogP contribution in [0.25, 0.3) is 0 Å². The molecule has 0 radical (unpaired) electrons. The molecule has 0 spiro atoms. The van der Waals surface area contributed by atoms with Crippen molar-refractivity contribution in [1.82, 2.24) is 0 Å². The number of hydrogen-bond donors (Lipinski definition) is 1. The van der Waals surface area contributed by atoms with Crippen LogP contribution in [-0.2, 0) is 22.4 Å². The number of aliphatic hydroxyl groups is 1. The van der Waals surface area contributed by atoms with Crippen molar-refractivity contribution < 1.29 is 14.6 Å². The summed E-state index contributed by atoms with van der Waals surface area (Å²) in [6.45, 7) is 1.37. The molecular weight excluding hydrogens is 264 g/mol. The van der Waals surface area contributed by atoms with Crippen LogP contribution in [0, 0.1) is 0 Å². The maximum atomic E-state index is 11.3. The third-order valence-corrected chi connectivity index (χ3v) is 3.31. The second kappa shape index (κ2) is 7.60. The fourth-order valence-corrected chi connectivity index (χ4v) is 2.30. The molecule has 2 rings (SSSR count). The zero-order valence-electron chi connectivity index (χ0n) is 12.1. The largest absolute Gasteiger partial charge is 0.459 e. The van der Waals surface area contributed by atoms with E-state index in [0.29, 0.717) is 12.8 Å². The highest BCUT2D eigenvalue weighted by molar-refractivity contribution is 5.66. The number of carbonyl (C=O) groups excluding carboxylic acids is 1. The van der Waals surface area contributed by atoms with E-state index in [2.05, 4.69) is 0 Å². The number of rotatable bonds is 6. The number of aliphatic hydroxyl groups excluding tert-OH is 1. The summed E-state index contributed by atoms with van der Waals surface area (Å²) < 4.78 is 5.30. The van der Waals surface area contributed by atoms with E-state index < -0.39 is 12.2 Å². The van der Waals surface area contributed by atoms with E-state index in [0.717, 1.165) is 11.1 Å². The predicted octanol–water partition coefficient (Wildman–Crippen LogP) is 2.76. The minimum absolute atomic E-state index is 0.372. The zero-order chi connectivity index (χ0) is 15.1. The van der Waals surface area contributed by atoms with Gasteiger partial charge in [-0.05, 0) is 11.1 Å². The summed E-state index contributed by atoms with van der Waals surface area (Å²) in [5, 5.41) is 10.4. The Morgan fingerprint density at radius 3 is 1.90 bits per heavy atom. The van der Waals surface area contributed by atoms with Crippen LogP contribution in [0.15, 0.2) is 60.7 Å². The summed E-state index contributed by atoms with van der Waals surface area (Å²) in [5.41, 5.74) is 2.06. The first-order valence-corrected chi connectivity index (χ1v) is 7.08. The van der Waals surface area contributed by atoms with Crippen molar-refractivity contribution >= 4 is 5.97 Å². The van der Waals surface area contributed by atoms with Crippen LogP contribution in [0.4, 0.5) is 0 Å². The van der Waals surface area contributed by atoms with Crippen LogP contribution in [0.5, 0.6) is 0 Å². The minimum Gasteiger partial charge on any atom is -0.459 e. The van der Waals surface area contributed by atoms with Gasteiger partial charge in [-0.1, -0.05) is 60.7 Å². The fourth-order valence-electron chi connectivity index (χ4n) is 2.30. The maximum absolute atomic E-state index is 11.3. The molecule has 110 valence electrons. The molecule has 2 atom stereocenters. The molecule has 0 unspecified atom stereocenters. The first-order chi connectivity index (χ1) is 10.1. The van der Waals surface area contributed by atoms with Gasteiger partial charge in [0.05, 0.1) is 6.10 Å². The molecule has 3 nitrogen and oxygen atoms in total. The van der Waals surface area contributed by atoms with E-state index in [4.69, 9.17) is 4.74 Å². The molecule has 2 aromatic rings. The molecular formula is C18H20O3. The lowest BCUT2D eigenvalue weighted by Gasteiger charge is -2.23. The molecule has 3 heteroatoms. The van der Waals surface area contributed by atoms with Crippen LogP contribution in [-0.4, -0.2) is 23.3 Å². The van der Waals surface area contributed by atoms with Crippen molar-refractivity contribution in [2.45, 2.75) is 32.0 Å². The van der Waals surface area contributed by atoms with Gasteiger partial charge in [-0.15, -0.1) is 0 Å². The SMILES string of the molecule is CC(=O)O[C@@H](Cc1ccccc1)[C@@H](O)Cc1ccccc1. The smallest absolute Gasteiger partial charge is 0.303 e. The molecule has 0 saturated heterocycles. The van der Waals surface area contributed by atoms with Crippen LogP contribution in [0.2, 0.25) is 0 Å². The van der Waals surface area contributed by atoms with Gasteiger partial charge in [0.2, 0.25) is 0 Å². The van der Waals surface area contributed by atoms with Crippen molar-refractivity contribution in [3.63, 3.8) is 0 Å². The number of carbonyl (C=O) groups is 1. The molecule has 0 bridgehead atoms. The highest BCUT2D eigenvalue weighted by atomic mass is 16.6. The van der Waals surface area contributed by atoms with Gasteiger partial charge >= 0.3 is 5.97 Å². The Morgan fingerprint density at radius 1 is 0.952 bits per heavy atom. The Morgan fingerprint density at radius 2 is 1.43 bits per heavy atom. The van der Waals surface area contributed by atoms with E-state index >= 15 is 0 Å². The number of ether oxygens (including phenoxy) is 1. The second-order valence-corrected chi connectivity index (χ2v) is 5.09. The van der Waals surface area contributed by atoms with Gasteiger partial charge in [-0.25, -0.2) is 0 Å². The average molecular weight is 284 g/mol. The molecule has 0 aromatic heterocycles. The third-order valence-electron chi connectivity index (χ3n) is 3.31. The summed E-state index contributed by atoms with van der Waals surface area (Å²) in [7, 11) is 0. The molecule has 21 heavy (non-hydrogen) atoms. The van der Waals surface area contributed by atoms with E-state index in [9.17, 15) is 9.90 Å². The first kappa shape index (κ1) is 15.3. The topological polar surface area (TPSA) is 46.5 Å². The summed E-state index contributed by atoms with van der Waals surface area (Å²) in [6, 6.07) is 19.4. The Bertz CT molecular complexity index is 551. The summed E-state index contributed by atoms with van der Waals surface area (Å²) >= 11 is 0. The van der Waals surface area contributed by atoms with Crippen molar-refractivity contribution in [2.24, 2.45) is 0 Å². The molecule has 1 N–H and O–H groups in total. The number of benzene rings is 2. The highest BCUT2D eigenvalue weighted by Crippen LogP contribution is 2.14. The van der Waals surface area contributed by atoms with Crippen LogP contribution < -0.4 is 0 Å². The Kier molecular flexibility index (Phi) is 5.52. The van der Waals surface area contributed by atoms with Crippen molar-refractivity contribution in [3.8, 4) is 0 Å². The second-order valence-electron chi connectivity index (χ2n) is 5.09. The molecule has 0 aliphatic heterocycles. The van der Waals surface area contributed by atoms with Gasteiger partial charge < -0.3 is 9.84 Å². The van der Waals surface area contributed by atoms with Crippen LogP contribution >= 0.6 is 0 Å². The average Bonchev–Trinajstić information content (AvgIpc) is 2.48. The van der Waals surface area contributed by atoms with E-state index in [1.54, 1.807) is 0 Å². The zero-order valence-corrected chi connectivity index (χ0v) is 12.1. The van der Waals surface area contributed by atoms with E-state index in [1.165, 1.54) is 6.92 Å². The van der Waals surface area contributed by atoms with Gasteiger partial charge in [0, 0.05) is 19.8 Å². The Balaban J connectivity index is 2.06.